The highest BCUT2D eigenvalue weighted by molar-refractivity contribution is 6.01. The topological polar surface area (TPSA) is 73.7 Å². The molecule has 0 fully saturated rings. The highest BCUT2D eigenvalue weighted by Gasteiger charge is 2.21. The summed E-state index contributed by atoms with van der Waals surface area (Å²) in [7, 11) is 1.72. The molecule has 0 spiro atoms. The van der Waals surface area contributed by atoms with Gasteiger partial charge < -0.3 is 15.1 Å². The summed E-state index contributed by atoms with van der Waals surface area (Å²) in [6.45, 7) is 2.09. The zero-order chi connectivity index (χ0) is 15.4. The molecular formula is C16H18N2O3. The lowest BCUT2D eigenvalue weighted by Crippen LogP contribution is -2.25. The molecule has 0 aliphatic rings. The first-order valence-corrected chi connectivity index (χ1v) is 6.67. The number of aliphatic hydroxyl groups is 1. The number of anilines is 1. The van der Waals surface area contributed by atoms with Gasteiger partial charge in [0.15, 0.2) is 0 Å². The number of nitrogens with zero attached hydrogens (tertiary/aromatic N) is 2. The molecular weight excluding hydrogens is 268 g/mol. The molecule has 0 aliphatic carbocycles. The van der Waals surface area contributed by atoms with E-state index >= 15 is 0 Å². The largest absolute Gasteiger partial charge is 0.478 e. The maximum atomic E-state index is 11.7. The third-order valence-corrected chi connectivity index (χ3v) is 3.22. The van der Waals surface area contributed by atoms with Gasteiger partial charge >= 0.3 is 5.97 Å². The monoisotopic (exact) mass is 286 g/mol. The van der Waals surface area contributed by atoms with E-state index in [-0.39, 0.29) is 12.2 Å². The molecule has 0 amide bonds. The molecule has 2 aromatic rings. The number of pyridine rings is 1. The summed E-state index contributed by atoms with van der Waals surface area (Å²) in [5.41, 5.74) is 2.36. The van der Waals surface area contributed by atoms with Crippen molar-refractivity contribution in [3.8, 4) is 11.1 Å². The van der Waals surface area contributed by atoms with Crippen molar-refractivity contribution in [3.63, 3.8) is 0 Å². The predicted molar refractivity (Wildman–Crippen MR) is 81.7 cm³/mol. The lowest BCUT2D eigenvalue weighted by atomic mass is 9.99. The number of hydrogen-bond donors (Lipinski definition) is 2. The van der Waals surface area contributed by atoms with Crippen molar-refractivity contribution in [1.29, 1.82) is 0 Å². The van der Waals surface area contributed by atoms with Crippen molar-refractivity contribution in [2.75, 3.05) is 25.1 Å². The number of aliphatic hydroxyl groups excluding tert-OH is 1. The first-order chi connectivity index (χ1) is 10.0. The second-order valence-electron chi connectivity index (χ2n) is 4.83. The van der Waals surface area contributed by atoms with Gasteiger partial charge in [-0.2, -0.15) is 0 Å². The first kappa shape index (κ1) is 15.0. The Balaban J connectivity index is 2.67. The third kappa shape index (κ3) is 3.20. The Hall–Kier alpha value is -2.40. The maximum Gasteiger partial charge on any atom is 0.340 e. The number of carbonyl (C=O) groups is 1. The second kappa shape index (κ2) is 6.37. The van der Waals surface area contributed by atoms with Gasteiger partial charge in [-0.25, -0.2) is 9.78 Å². The molecule has 0 saturated carbocycles. The SMILES string of the molecule is Cc1cc(-c2ccccc2)c(C(=O)O)c(N(C)CCO)n1. The van der Waals surface area contributed by atoms with Gasteiger partial charge in [0.1, 0.15) is 11.4 Å². The zero-order valence-electron chi connectivity index (χ0n) is 12.1. The van der Waals surface area contributed by atoms with Crippen molar-refractivity contribution in [3.05, 3.63) is 47.7 Å². The zero-order valence-corrected chi connectivity index (χ0v) is 12.1. The third-order valence-electron chi connectivity index (χ3n) is 3.22. The molecule has 1 aromatic carbocycles. The molecule has 2 N–H and O–H groups in total. The Morgan fingerprint density at radius 1 is 1.29 bits per heavy atom. The molecule has 0 radical (unpaired) electrons. The van der Waals surface area contributed by atoms with Gasteiger partial charge in [0.25, 0.3) is 0 Å². The van der Waals surface area contributed by atoms with Gasteiger partial charge in [0.2, 0.25) is 0 Å². The average Bonchev–Trinajstić information content (AvgIpc) is 2.47. The summed E-state index contributed by atoms with van der Waals surface area (Å²) in [5, 5.41) is 18.7. The molecule has 2 rings (SSSR count). The van der Waals surface area contributed by atoms with Crippen LogP contribution in [0.3, 0.4) is 0 Å². The second-order valence-corrected chi connectivity index (χ2v) is 4.83. The predicted octanol–water partition coefficient (Wildman–Crippen LogP) is 2.18. The van der Waals surface area contributed by atoms with Crippen LogP contribution in [0.4, 0.5) is 5.82 Å². The van der Waals surface area contributed by atoms with Crippen molar-refractivity contribution in [1.82, 2.24) is 4.98 Å². The van der Waals surface area contributed by atoms with E-state index in [9.17, 15) is 9.90 Å². The minimum Gasteiger partial charge on any atom is -0.478 e. The van der Waals surface area contributed by atoms with Crippen LogP contribution in [-0.2, 0) is 0 Å². The van der Waals surface area contributed by atoms with Gasteiger partial charge in [-0.05, 0) is 18.6 Å². The number of aromatic nitrogens is 1. The molecule has 0 aliphatic heterocycles. The highest BCUT2D eigenvalue weighted by atomic mass is 16.4. The van der Waals surface area contributed by atoms with Gasteiger partial charge in [-0.15, -0.1) is 0 Å². The smallest absolute Gasteiger partial charge is 0.340 e. The number of rotatable bonds is 5. The number of aryl methyl sites for hydroxylation is 1. The first-order valence-electron chi connectivity index (χ1n) is 6.67. The van der Waals surface area contributed by atoms with Crippen molar-refractivity contribution in [2.24, 2.45) is 0 Å². The Morgan fingerprint density at radius 3 is 2.52 bits per heavy atom. The molecule has 0 saturated heterocycles. The summed E-state index contributed by atoms with van der Waals surface area (Å²) in [5.74, 6) is -0.656. The van der Waals surface area contributed by atoms with E-state index < -0.39 is 5.97 Å². The molecule has 5 heteroatoms. The van der Waals surface area contributed by atoms with Crippen LogP contribution in [0.5, 0.6) is 0 Å². The molecule has 5 nitrogen and oxygen atoms in total. The Labute approximate surface area is 123 Å². The van der Waals surface area contributed by atoms with E-state index in [4.69, 9.17) is 5.11 Å². The van der Waals surface area contributed by atoms with Crippen molar-refractivity contribution >= 4 is 11.8 Å². The number of hydrogen-bond acceptors (Lipinski definition) is 4. The fraction of sp³-hybridized carbons (Fsp3) is 0.250. The minimum absolute atomic E-state index is 0.0636. The standard InChI is InChI=1S/C16H18N2O3/c1-11-10-13(12-6-4-3-5-7-12)14(16(20)21)15(17-11)18(2)8-9-19/h3-7,10,19H,8-9H2,1-2H3,(H,20,21). The number of carboxylic acid groups (broad SMARTS) is 1. The van der Waals surface area contributed by atoms with Crippen molar-refractivity contribution in [2.45, 2.75) is 6.92 Å². The number of benzene rings is 1. The van der Waals surface area contributed by atoms with Gasteiger partial charge in [0.05, 0.1) is 6.61 Å². The van der Waals surface area contributed by atoms with Crippen LogP contribution < -0.4 is 4.90 Å². The Morgan fingerprint density at radius 2 is 1.95 bits per heavy atom. The Kier molecular flexibility index (Phi) is 4.55. The molecule has 0 bridgehead atoms. The van der Waals surface area contributed by atoms with Crippen LogP contribution in [0.2, 0.25) is 0 Å². The molecule has 0 atom stereocenters. The number of aromatic carboxylic acids is 1. The summed E-state index contributed by atoms with van der Waals surface area (Å²) >= 11 is 0. The van der Waals surface area contributed by atoms with E-state index in [1.54, 1.807) is 18.0 Å². The molecule has 110 valence electrons. The quantitative estimate of drug-likeness (QED) is 0.881. The summed E-state index contributed by atoms with van der Waals surface area (Å²) < 4.78 is 0. The van der Waals surface area contributed by atoms with E-state index in [0.29, 0.717) is 17.9 Å². The fourth-order valence-corrected chi connectivity index (χ4v) is 2.25. The normalized spacial score (nSPS) is 10.4. The number of carboxylic acids is 1. The number of likely N-dealkylation sites (N-methyl/N-ethyl adjacent to an activating group) is 1. The van der Waals surface area contributed by atoms with Crippen LogP contribution in [0, 0.1) is 6.92 Å². The van der Waals surface area contributed by atoms with Crippen LogP contribution in [0.1, 0.15) is 16.1 Å². The summed E-state index contributed by atoms with van der Waals surface area (Å²) in [6, 6.07) is 11.1. The van der Waals surface area contributed by atoms with Gasteiger partial charge in [-0.1, -0.05) is 30.3 Å². The van der Waals surface area contributed by atoms with E-state index in [1.165, 1.54) is 0 Å². The molecule has 21 heavy (non-hydrogen) atoms. The van der Waals surface area contributed by atoms with Crippen LogP contribution in [-0.4, -0.2) is 41.4 Å². The highest BCUT2D eigenvalue weighted by Crippen LogP contribution is 2.30. The van der Waals surface area contributed by atoms with Crippen LogP contribution in [0.15, 0.2) is 36.4 Å². The molecule has 0 unspecified atom stereocenters. The lowest BCUT2D eigenvalue weighted by molar-refractivity contribution is 0.0698. The maximum absolute atomic E-state index is 11.7. The minimum atomic E-state index is -1.03. The fourth-order valence-electron chi connectivity index (χ4n) is 2.25. The van der Waals surface area contributed by atoms with Crippen LogP contribution >= 0.6 is 0 Å². The van der Waals surface area contributed by atoms with E-state index in [2.05, 4.69) is 4.98 Å². The molecule has 1 aromatic heterocycles. The van der Waals surface area contributed by atoms with Crippen LogP contribution in [0.25, 0.3) is 11.1 Å². The average molecular weight is 286 g/mol. The lowest BCUT2D eigenvalue weighted by Gasteiger charge is -2.21. The van der Waals surface area contributed by atoms with Crippen molar-refractivity contribution < 1.29 is 15.0 Å². The summed E-state index contributed by atoms with van der Waals surface area (Å²) in [6.07, 6.45) is 0. The van der Waals surface area contributed by atoms with Gasteiger partial charge in [0, 0.05) is 24.8 Å². The van der Waals surface area contributed by atoms with E-state index in [0.717, 1.165) is 11.3 Å². The Bertz CT molecular complexity index is 641. The van der Waals surface area contributed by atoms with Gasteiger partial charge in [-0.3, -0.25) is 0 Å². The molecule has 1 heterocycles. The van der Waals surface area contributed by atoms with E-state index in [1.807, 2.05) is 37.3 Å². The summed E-state index contributed by atoms with van der Waals surface area (Å²) in [4.78, 5) is 17.7.